The van der Waals surface area contributed by atoms with E-state index >= 15 is 8.78 Å². The minimum absolute atomic E-state index is 0.0984. The number of pyridine rings is 1. The highest BCUT2D eigenvalue weighted by Crippen LogP contribution is 2.37. The third-order valence-electron chi connectivity index (χ3n) is 5.68. The van der Waals surface area contributed by atoms with Crippen molar-refractivity contribution in [2.75, 3.05) is 25.0 Å². The Hall–Kier alpha value is -3.00. The maximum atomic E-state index is 15.0. The molecule has 1 aromatic carbocycles. The number of halogens is 3. The van der Waals surface area contributed by atoms with Gasteiger partial charge in [0.2, 0.25) is 0 Å². The topological polar surface area (TPSA) is 98.7 Å². The van der Waals surface area contributed by atoms with Crippen LogP contribution in [0.2, 0.25) is 30.7 Å². The van der Waals surface area contributed by atoms with Crippen molar-refractivity contribution in [3.63, 3.8) is 0 Å². The smallest absolute Gasteiger partial charge is 0.407 e. The molecule has 1 amide bonds. The van der Waals surface area contributed by atoms with E-state index in [0.29, 0.717) is 42.2 Å². The molecule has 0 aliphatic rings. The number of benzene rings is 1. The molecule has 3 aromatic rings. The van der Waals surface area contributed by atoms with Crippen LogP contribution in [-0.2, 0) is 16.2 Å². The molecular weight excluding hydrogens is 604 g/mol. The SMILES string of the molecule is CC(C)(C)OC(=O)NCCCNC(=S)Nc1cc(F)c(Oc2ccnc3c2c(Cl)cn3COCC[Si](C)(C)C)c(F)c1. The van der Waals surface area contributed by atoms with Crippen molar-refractivity contribution in [2.45, 2.75) is 65.2 Å². The number of anilines is 1. The number of nitrogens with zero attached hydrogens (tertiary/aromatic N) is 2. The second-order valence-corrected chi connectivity index (χ2v) is 18.3. The quantitative estimate of drug-likeness (QED) is 0.108. The Morgan fingerprint density at radius 3 is 2.45 bits per heavy atom. The third kappa shape index (κ3) is 10.4. The van der Waals surface area contributed by atoms with Crippen LogP contribution in [0, 0.1) is 11.6 Å². The zero-order valence-electron chi connectivity index (χ0n) is 24.7. The molecule has 0 radical (unpaired) electrons. The summed E-state index contributed by atoms with van der Waals surface area (Å²) < 4.78 is 48.4. The monoisotopic (exact) mass is 641 g/mol. The normalized spacial score (nSPS) is 11.8. The van der Waals surface area contributed by atoms with E-state index in [1.54, 1.807) is 31.5 Å². The molecule has 0 aliphatic heterocycles. The molecule has 2 heterocycles. The molecule has 3 N–H and O–H groups in total. The molecule has 0 saturated heterocycles. The van der Waals surface area contributed by atoms with Crippen LogP contribution < -0.4 is 20.7 Å². The fraction of sp³-hybridized carbons (Fsp3) is 0.464. The van der Waals surface area contributed by atoms with Gasteiger partial charge in [-0.3, -0.25) is 0 Å². The summed E-state index contributed by atoms with van der Waals surface area (Å²) in [7, 11) is -1.24. The van der Waals surface area contributed by atoms with Crippen molar-refractivity contribution in [1.29, 1.82) is 0 Å². The van der Waals surface area contributed by atoms with Gasteiger partial charge < -0.3 is 34.7 Å². The maximum absolute atomic E-state index is 15.0. The second kappa shape index (κ2) is 14.4. The predicted octanol–water partition coefficient (Wildman–Crippen LogP) is 7.27. The van der Waals surface area contributed by atoms with Crippen LogP contribution in [0.3, 0.4) is 0 Å². The highest BCUT2D eigenvalue weighted by molar-refractivity contribution is 7.80. The first-order chi connectivity index (χ1) is 19.6. The molecule has 2 aromatic heterocycles. The summed E-state index contributed by atoms with van der Waals surface area (Å²) in [5, 5.41) is 9.21. The summed E-state index contributed by atoms with van der Waals surface area (Å²) in [6.07, 6.45) is 3.17. The van der Waals surface area contributed by atoms with E-state index in [-0.39, 0.29) is 23.3 Å². The van der Waals surface area contributed by atoms with Crippen molar-refractivity contribution in [3.8, 4) is 11.5 Å². The van der Waals surface area contributed by atoms with Crippen LogP contribution in [-0.4, -0.2) is 54.1 Å². The number of thiocarbonyl (C=S) groups is 1. The summed E-state index contributed by atoms with van der Waals surface area (Å²) in [4.78, 5) is 16.0. The highest BCUT2D eigenvalue weighted by atomic mass is 35.5. The number of amides is 1. The Morgan fingerprint density at radius 2 is 1.81 bits per heavy atom. The number of fused-ring (bicyclic) bond motifs is 1. The van der Waals surface area contributed by atoms with Gasteiger partial charge in [0, 0.05) is 58.0 Å². The largest absolute Gasteiger partial charge is 0.450 e. The lowest BCUT2D eigenvalue weighted by Crippen LogP contribution is -2.35. The van der Waals surface area contributed by atoms with E-state index in [4.69, 9.17) is 38.0 Å². The number of rotatable bonds is 12. The lowest BCUT2D eigenvalue weighted by molar-refractivity contribution is 0.0527. The van der Waals surface area contributed by atoms with Crippen LogP contribution in [0.4, 0.5) is 19.3 Å². The molecule has 0 saturated carbocycles. The molecule has 0 atom stereocenters. The van der Waals surface area contributed by atoms with Crippen molar-refractivity contribution in [2.24, 2.45) is 0 Å². The number of nitrogens with one attached hydrogen (secondary N) is 3. The molecule has 3 rings (SSSR count). The molecule has 42 heavy (non-hydrogen) atoms. The number of aromatic nitrogens is 2. The molecular formula is C28H38ClF2N5O4SSi. The van der Waals surface area contributed by atoms with Crippen LogP contribution in [0.5, 0.6) is 11.5 Å². The van der Waals surface area contributed by atoms with Gasteiger partial charge in [0.1, 0.15) is 23.7 Å². The number of hydrogen-bond acceptors (Lipinski definition) is 6. The first kappa shape index (κ1) is 33.5. The van der Waals surface area contributed by atoms with E-state index in [1.807, 2.05) is 0 Å². The molecule has 0 spiro atoms. The van der Waals surface area contributed by atoms with Crippen molar-refractivity contribution in [3.05, 3.63) is 47.2 Å². The second-order valence-electron chi connectivity index (χ2n) is 11.8. The van der Waals surface area contributed by atoms with Gasteiger partial charge in [-0.1, -0.05) is 31.2 Å². The zero-order valence-corrected chi connectivity index (χ0v) is 27.3. The van der Waals surface area contributed by atoms with E-state index in [2.05, 4.69) is 40.6 Å². The molecule has 0 unspecified atom stereocenters. The Labute approximate surface area is 256 Å². The number of ether oxygens (including phenoxy) is 3. The minimum atomic E-state index is -1.24. The van der Waals surface area contributed by atoms with E-state index in [9.17, 15) is 4.79 Å². The van der Waals surface area contributed by atoms with Gasteiger partial charge in [-0.25, -0.2) is 18.6 Å². The number of carbonyl (C=O) groups is 1. The van der Waals surface area contributed by atoms with E-state index in [0.717, 1.165) is 18.2 Å². The fourth-order valence-corrected chi connectivity index (χ4v) is 4.94. The fourth-order valence-electron chi connectivity index (χ4n) is 3.67. The van der Waals surface area contributed by atoms with Crippen LogP contribution >= 0.6 is 23.8 Å². The van der Waals surface area contributed by atoms with Crippen LogP contribution in [0.15, 0.2) is 30.6 Å². The highest BCUT2D eigenvalue weighted by Gasteiger charge is 2.20. The Balaban J connectivity index is 1.59. The summed E-state index contributed by atoms with van der Waals surface area (Å²) in [6, 6.07) is 4.66. The summed E-state index contributed by atoms with van der Waals surface area (Å²) in [5.74, 6) is -2.30. The average Bonchev–Trinajstić information content (AvgIpc) is 3.18. The lowest BCUT2D eigenvalue weighted by atomic mass is 10.2. The van der Waals surface area contributed by atoms with E-state index in [1.165, 1.54) is 12.3 Å². The Bertz CT molecular complexity index is 1390. The van der Waals surface area contributed by atoms with Gasteiger partial charge in [-0.05, 0) is 51.5 Å². The molecule has 9 nitrogen and oxygen atoms in total. The number of hydrogen-bond donors (Lipinski definition) is 3. The summed E-state index contributed by atoms with van der Waals surface area (Å²) in [5.41, 5.74) is -0.00605. The minimum Gasteiger partial charge on any atom is -0.450 e. The van der Waals surface area contributed by atoms with Gasteiger partial charge in [-0.15, -0.1) is 0 Å². The van der Waals surface area contributed by atoms with Crippen LogP contribution in [0.25, 0.3) is 11.0 Å². The van der Waals surface area contributed by atoms with Gasteiger partial charge in [0.15, 0.2) is 22.5 Å². The van der Waals surface area contributed by atoms with Crippen molar-refractivity contribution in [1.82, 2.24) is 20.2 Å². The van der Waals surface area contributed by atoms with Gasteiger partial charge >= 0.3 is 6.09 Å². The number of alkyl carbamates (subject to hydrolysis) is 1. The molecule has 230 valence electrons. The standard InChI is InChI=1S/C28H38ClF2N5O4SSi/c1-28(2,3)40-27(37)34-10-7-9-33-26(41)35-18-14-20(30)24(21(31)15-18)39-22-8-11-32-25-23(22)19(29)16-36(25)17-38-12-13-42(4,5)6/h8,11,14-16H,7,9-10,12-13,17H2,1-6H3,(H,34,37)(H2,33,35,41). The first-order valence-corrected chi connectivity index (χ1v) is 18.0. The molecule has 14 heteroatoms. The van der Waals surface area contributed by atoms with Crippen LogP contribution in [0.1, 0.15) is 27.2 Å². The van der Waals surface area contributed by atoms with Gasteiger partial charge in [0.25, 0.3) is 0 Å². The van der Waals surface area contributed by atoms with Crippen molar-refractivity contribution < 1.29 is 27.8 Å². The Kier molecular flexibility index (Phi) is 11.5. The molecule has 0 aliphatic carbocycles. The van der Waals surface area contributed by atoms with E-state index < -0.39 is 37.2 Å². The predicted molar refractivity (Wildman–Crippen MR) is 168 cm³/mol. The zero-order chi connectivity index (χ0) is 31.1. The summed E-state index contributed by atoms with van der Waals surface area (Å²) in [6.45, 7) is 13.8. The van der Waals surface area contributed by atoms with Gasteiger partial charge in [-0.2, -0.15) is 0 Å². The number of carbonyl (C=O) groups excluding carboxylic acids is 1. The lowest BCUT2D eigenvalue weighted by Gasteiger charge is -2.19. The average molecular weight is 642 g/mol. The Morgan fingerprint density at radius 1 is 1.14 bits per heavy atom. The van der Waals surface area contributed by atoms with Gasteiger partial charge in [0.05, 0.1) is 10.4 Å². The molecule has 0 bridgehead atoms. The van der Waals surface area contributed by atoms with Crippen molar-refractivity contribution >= 4 is 59.8 Å². The maximum Gasteiger partial charge on any atom is 0.407 e. The summed E-state index contributed by atoms with van der Waals surface area (Å²) >= 11 is 11.7. The molecule has 0 fully saturated rings. The first-order valence-electron chi connectivity index (χ1n) is 13.5. The third-order valence-corrected chi connectivity index (χ3v) is 7.91.